The molecule has 0 spiro atoms. The number of benzene rings is 1. The molecule has 0 saturated carbocycles. The van der Waals surface area contributed by atoms with Gasteiger partial charge in [0.1, 0.15) is 0 Å². The third-order valence-corrected chi connectivity index (χ3v) is 3.19. The summed E-state index contributed by atoms with van der Waals surface area (Å²) in [6, 6.07) is 8.16. The first kappa shape index (κ1) is 9.25. The fraction of sp³-hybridized carbons (Fsp3) is 0.417. The van der Waals surface area contributed by atoms with Crippen LogP contribution >= 0.6 is 0 Å². The molecule has 0 heterocycles. The molecule has 0 aliphatic heterocycles. The molecule has 2 rings (SSSR count). The van der Waals surface area contributed by atoms with Crippen LogP contribution in [0.4, 0.5) is 0 Å². The number of fused-ring (bicyclic) bond motifs is 1. The average molecular weight is 190 g/mol. The van der Waals surface area contributed by atoms with Crippen LogP contribution in [0, 0.1) is 5.92 Å². The van der Waals surface area contributed by atoms with Crippen LogP contribution in [0.25, 0.3) is 0 Å². The van der Waals surface area contributed by atoms with E-state index in [1.165, 1.54) is 11.1 Å². The fourth-order valence-electron chi connectivity index (χ4n) is 2.32. The number of aryl methyl sites for hydroxylation is 1. The number of carboxylic acids is 1. The molecule has 0 fully saturated rings. The molecule has 0 unspecified atom stereocenters. The van der Waals surface area contributed by atoms with E-state index in [9.17, 15) is 4.79 Å². The SMILES string of the molecule is C[C@@H]1c2ccccc2CC[C@H]1C(=O)O. The minimum absolute atomic E-state index is 0.150. The standard InChI is InChI=1S/C12H14O2/c1-8-10-5-3-2-4-9(10)6-7-11(8)12(13)14/h2-5,8,11H,6-7H2,1H3,(H,13,14)/t8-,11-/m1/s1. The zero-order valence-electron chi connectivity index (χ0n) is 8.23. The average Bonchev–Trinajstić information content (AvgIpc) is 2.18. The summed E-state index contributed by atoms with van der Waals surface area (Å²) in [5, 5.41) is 9.03. The Morgan fingerprint density at radius 2 is 2.14 bits per heavy atom. The molecule has 1 aliphatic rings. The predicted octanol–water partition coefficient (Wildman–Crippen LogP) is 2.44. The lowest BCUT2D eigenvalue weighted by Crippen LogP contribution is -2.25. The van der Waals surface area contributed by atoms with Gasteiger partial charge in [0.25, 0.3) is 0 Å². The van der Waals surface area contributed by atoms with E-state index in [1.54, 1.807) is 0 Å². The van der Waals surface area contributed by atoms with Crippen molar-refractivity contribution in [2.45, 2.75) is 25.7 Å². The normalized spacial score (nSPS) is 25.5. The molecule has 2 atom stereocenters. The molecule has 0 bridgehead atoms. The maximum absolute atomic E-state index is 11.0. The summed E-state index contributed by atoms with van der Waals surface area (Å²) < 4.78 is 0. The van der Waals surface area contributed by atoms with Gasteiger partial charge in [-0.05, 0) is 29.9 Å². The number of carboxylic acid groups (broad SMARTS) is 1. The highest BCUT2D eigenvalue weighted by Gasteiger charge is 2.30. The van der Waals surface area contributed by atoms with Crippen LogP contribution in [-0.2, 0) is 11.2 Å². The Kier molecular flexibility index (Phi) is 2.28. The first-order valence-corrected chi connectivity index (χ1v) is 5.00. The number of hydrogen-bond donors (Lipinski definition) is 1. The van der Waals surface area contributed by atoms with E-state index in [4.69, 9.17) is 5.11 Å². The largest absolute Gasteiger partial charge is 0.481 e. The molecule has 2 nitrogen and oxygen atoms in total. The fourth-order valence-corrected chi connectivity index (χ4v) is 2.32. The van der Waals surface area contributed by atoms with Crippen molar-refractivity contribution in [3.63, 3.8) is 0 Å². The van der Waals surface area contributed by atoms with Gasteiger partial charge in [0.05, 0.1) is 5.92 Å². The van der Waals surface area contributed by atoms with E-state index in [0.29, 0.717) is 0 Å². The van der Waals surface area contributed by atoms with Crippen LogP contribution in [0.5, 0.6) is 0 Å². The highest BCUT2D eigenvalue weighted by Crippen LogP contribution is 2.35. The molecule has 1 aromatic carbocycles. The lowest BCUT2D eigenvalue weighted by atomic mass is 9.76. The van der Waals surface area contributed by atoms with Gasteiger partial charge in [0.15, 0.2) is 0 Å². The molecule has 14 heavy (non-hydrogen) atoms. The van der Waals surface area contributed by atoms with Gasteiger partial charge < -0.3 is 5.11 Å². The smallest absolute Gasteiger partial charge is 0.307 e. The molecular weight excluding hydrogens is 176 g/mol. The summed E-state index contributed by atoms with van der Waals surface area (Å²) in [5.41, 5.74) is 2.53. The monoisotopic (exact) mass is 190 g/mol. The Morgan fingerprint density at radius 3 is 2.86 bits per heavy atom. The summed E-state index contributed by atoms with van der Waals surface area (Å²) >= 11 is 0. The van der Waals surface area contributed by atoms with Gasteiger partial charge in [-0.15, -0.1) is 0 Å². The Hall–Kier alpha value is -1.31. The molecule has 74 valence electrons. The van der Waals surface area contributed by atoms with Crippen LogP contribution in [0.2, 0.25) is 0 Å². The minimum atomic E-state index is -0.660. The van der Waals surface area contributed by atoms with Gasteiger partial charge >= 0.3 is 5.97 Å². The van der Waals surface area contributed by atoms with E-state index < -0.39 is 5.97 Å². The van der Waals surface area contributed by atoms with Crippen LogP contribution in [0.3, 0.4) is 0 Å². The zero-order chi connectivity index (χ0) is 10.1. The zero-order valence-corrected chi connectivity index (χ0v) is 8.23. The number of rotatable bonds is 1. The molecule has 0 radical (unpaired) electrons. The van der Waals surface area contributed by atoms with E-state index in [2.05, 4.69) is 12.1 Å². The number of carbonyl (C=O) groups is 1. The lowest BCUT2D eigenvalue weighted by Gasteiger charge is -2.28. The first-order chi connectivity index (χ1) is 6.70. The molecule has 1 N–H and O–H groups in total. The van der Waals surface area contributed by atoms with Gasteiger partial charge in [-0.1, -0.05) is 31.2 Å². The highest BCUT2D eigenvalue weighted by molar-refractivity contribution is 5.72. The number of aliphatic carboxylic acids is 1. The minimum Gasteiger partial charge on any atom is -0.481 e. The van der Waals surface area contributed by atoms with Crippen molar-refractivity contribution in [2.24, 2.45) is 5.92 Å². The van der Waals surface area contributed by atoms with Crippen molar-refractivity contribution in [1.29, 1.82) is 0 Å². The van der Waals surface area contributed by atoms with Gasteiger partial charge in [0, 0.05) is 0 Å². The summed E-state index contributed by atoms with van der Waals surface area (Å²) in [4.78, 5) is 11.0. The van der Waals surface area contributed by atoms with Crippen LogP contribution in [0.1, 0.15) is 30.4 Å². The molecule has 0 aromatic heterocycles. The van der Waals surface area contributed by atoms with Crippen molar-refractivity contribution in [3.8, 4) is 0 Å². The van der Waals surface area contributed by atoms with Gasteiger partial charge in [0.2, 0.25) is 0 Å². The van der Waals surface area contributed by atoms with Crippen LogP contribution in [0.15, 0.2) is 24.3 Å². The predicted molar refractivity (Wildman–Crippen MR) is 54.3 cm³/mol. The molecule has 1 aromatic rings. The quantitative estimate of drug-likeness (QED) is 0.738. The van der Waals surface area contributed by atoms with Crippen molar-refractivity contribution in [3.05, 3.63) is 35.4 Å². The van der Waals surface area contributed by atoms with Gasteiger partial charge in [-0.3, -0.25) is 4.79 Å². The maximum Gasteiger partial charge on any atom is 0.307 e. The summed E-state index contributed by atoms with van der Waals surface area (Å²) in [6.45, 7) is 2.01. The third-order valence-electron chi connectivity index (χ3n) is 3.19. The van der Waals surface area contributed by atoms with Crippen LogP contribution in [-0.4, -0.2) is 11.1 Å². The molecule has 1 aliphatic carbocycles. The summed E-state index contributed by atoms with van der Waals surface area (Å²) in [6.07, 6.45) is 1.67. The summed E-state index contributed by atoms with van der Waals surface area (Å²) in [5.74, 6) is -0.714. The third kappa shape index (κ3) is 1.41. The van der Waals surface area contributed by atoms with Crippen molar-refractivity contribution in [2.75, 3.05) is 0 Å². The molecule has 0 saturated heterocycles. The molecule has 0 amide bonds. The van der Waals surface area contributed by atoms with Crippen molar-refractivity contribution >= 4 is 5.97 Å². The lowest BCUT2D eigenvalue weighted by molar-refractivity contribution is -0.142. The second-order valence-corrected chi connectivity index (χ2v) is 3.97. The van der Waals surface area contributed by atoms with E-state index in [-0.39, 0.29) is 11.8 Å². The van der Waals surface area contributed by atoms with E-state index in [0.717, 1.165) is 12.8 Å². The van der Waals surface area contributed by atoms with Crippen molar-refractivity contribution < 1.29 is 9.90 Å². The second kappa shape index (κ2) is 3.45. The van der Waals surface area contributed by atoms with E-state index in [1.807, 2.05) is 19.1 Å². The van der Waals surface area contributed by atoms with Gasteiger partial charge in [-0.2, -0.15) is 0 Å². The Balaban J connectivity index is 2.36. The number of hydrogen-bond acceptors (Lipinski definition) is 1. The van der Waals surface area contributed by atoms with E-state index >= 15 is 0 Å². The highest BCUT2D eigenvalue weighted by atomic mass is 16.4. The molecular formula is C12H14O2. The van der Waals surface area contributed by atoms with Crippen molar-refractivity contribution in [1.82, 2.24) is 0 Å². The first-order valence-electron chi connectivity index (χ1n) is 5.00. The van der Waals surface area contributed by atoms with Crippen LogP contribution < -0.4 is 0 Å². The Morgan fingerprint density at radius 1 is 1.43 bits per heavy atom. The maximum atomic E-state index is 11.0. The van der Waals surface area contributed by atoms with Gasteiger partial charge in [-0.25, -0.2) is 0 Å². The second-order valence-electron chi connectivity index (χ2n) is 3.97. The Labute approximate surface area is 83.6 Å². The topological polar surface area (TPSA) is 37.3 Å². The molecule has 2 heteroatoms. The Bertz CT molecular complexity index is 357. The summed E-state index contributed by atoms with van der Waals surface area (Å²) in [7, 11) is 0.